The zero-order valence-corrected chi connectivity index (χ0v) is 20.1. The van der Waals surface area contributed by atoms with Crippen LogP contribution in [0.3, 0.4) is 0 Å². The van der Waals surface area contributed by atoms with Crippen molar-refractivity contribution >= 4 is 19.7 Å². The molecule has 0 amide bonds. The Hall–Kier alpha value is -1.70. The van der Waals surface area contributed by atoms with Gasteiger partial charge in [0.1, 0.15) is 0 Å². The summed E-state index contributed by atoms with van der Waals surface area (Å²) in [6.45, 7) is 4.01. The highest BCUT2D eigenvalue weighted by Gasteiger charge is 2.36. The third kappa shape index (κ3) is 7.74. The summed E-state index contributed by atoms with van der Waals surface area (Å²) >= 11 is 0. The third-order valence-electron chi connectivity index (χ3n) is 5.11. The SMILES string of the molecule is CCCCCS(=O)(=O)C(OC(c1ccccc1)S(=O)(=O)CCCCC)c1ccccc1. The second kappa shape index (κ2) is 12.4. The highest BCUT2D eigenvalue weighted by molar-refractivity contribution is 7.92. The summed E-state index contributed by atoms with van der Waals surface area (Å²) in [6, 6.07) is 17.2. The molecular formula is C24H34O5S2. The van der Waals surface area contributed by atoms with Crippen molar-refractivity contribution in [3.05, 3.63) is 71.8 Å². The number of benzene rings is 2. The van der Waals surface area contributed by atoms with Crippen molar-refractivity contribution in [3.63, 3.8) is 0 Å². The summed E-state index contributed by atoms with van der Waals surface area (Å²) in [7, 11) is -7.45. The number of ether oxygens (including phenoxy) is 1. The molecule has 2 aromatic rings. The van der Waals surface area contributed by atoms with Crippen molar-refractivity contribution in [3.8, 4) is 0 Å². The minimum Gasteiger partial charge on any atom is -0.334 e. The van der Waals surface area contributed by atoms with Crippen LogP contribution in [0.2, 0.25) is 0 Å². The van der Waals surface area contributed by atoms with Gasteiger partial charge in [0.15, 0.2) is 30.5 Å². The molecule has 7 heteroatoms. The molecule has 2 rings (SSSR count). The predicted octanol–water partition coefficient (Wildman–Crippen LogP) is 5.61. The molecule has 0 radical (unpaired) electrons. The van der Waals surface area contributed by atoms with Gasteiger partial charge in [-0.1, -0.05) is 100 Å². The number of sulfone groups is 2. The molecule has 0 saturated carbocycles. The van der Waals surface area contributed by atoms with Crippen LogP contribution >= 0.6 is 0 Å². The Morgan fingerprint density at radius 1 is 0.613 bits per heavy atom. The summed E-state index contributed by atoms with van der Waals surface area (Å²) in [5.74, 6) is -0.0877. The van der Waals surface area contributed by atoms with E-state index < -0.39 is 30.5 Å². The summed E-state index contributed by atoms with van der Waals surface area (Å²) in [4.78, 5) is 0. The van der Waals surface area contributed by atoms with Crippen molar-refractivity contribution in [1.82, 2.24) is 0 Å². The largest absolute Gasteiger partial charge is 0.334 e. The smallest absolute Gasteiger partial charge is 0.185 e. The predicted molar refractivity (Wildman–Crippen MR) is 126 cm³/mol. The number of hydrogen-bond acceptors (Lipinski definition) is 5. The minimum absolute atomic E-state index is 0.0439. The van der Waals surface area contributed by atoms with Crippen LogP contribution in [0, 0.1) is 0 Å². The van der Waals surface area contributed by atoms with Gasteiger partial charge in [-0.3, -0.25) is 0 Å². The fourth-order valence-electron chi connectivity index (χ4n) is 3.39. The first-order valence-corrected chi connectivity index (χ1v) is 14.4. The van der Waals surface area contributed by atoms with Crippen LogP contribution in [0.15, 0.2) is 60.7 Å². The van der Waals surface area contributed by atoms with Gasteiger partial charge >= 0.3 is 0 Å². The van der Waals surface area contributed by atoms with Crippen LogP contribution in [-0.4, -0.2) is 28.3 Å². The van der Waals surface area contributed by atoms with Crippen LogP contribution in [-0.2, 0) is 24.4 Å². The van der Waals surface area contributed by atoms with Crippen LogP contribution in [0.1, 0.15) is 74.4 Å². The lowest BCUT2D eigenvalue weighted by atomic mass is 10.2. The lowest BCUT2D eigenvalue weighted by molar-refractivity contribution is 0.0781. The molecule has 0 bridgehead atoms. The highest BCUT2D eigenvalue weighted by atomic mass is 32.2. The fourth-order valence-corrected chi connectivity index (χ4v) is 6.81. The van der Waals surface area contributed by atoms with E-state index in [2.05, 4.69) is 0 Å². The number of hydrogen-bond donors (Lipinski definition) is 0. The van der Waals surface area contributed by atoms with E-state index in [9.17, 15) is 16.8 Å². The average Bonchev–Trinajstić information content (AvgIpc) is 2.75. The molecule has 31 heavy (non-hydrogen) atoms. The Kier molecular flexibility index (Phi) is 10.2. The van der Waals surface area contributed by atoms with Gasteiger partial charge in [-0.15, -0.1) is 0 Å². The molecule has 0 N–H and O–H groups in total. The van der Waals surface area contributed by atoms with Crippen LogP contribution in [0.5, 0.6) is 0 Å². The highest BCUT2D eigenvalue weighted by Crippen LogP contribution is 2.35. The molecule has 0 aliphatic heterocycles. The maximum absolute atomic E-state index is 13.2. The van der Waals surface area contributed by atoms with Crippen molar-refractivity contribution in [2.24, 2.45) is 0 Å². The van der Waals surface area contributed by atoms with E-state index in [1.807, 2.05) is 13.8 Å². The van der Waals surface area contributed by atoms with E-state index >= 15 is 0 Å². The van der Waals surface area contributed by atoms with Gasteiger partial charge in [-0.05, 0) is 24.0 Å². The number of rotatable bonds is 14. The summed E-state index contributed by atoms with van der Waals surface area (Å²) in [5.41, 5.74) is -1.78. The van der Waals surface area contributed by atoms with Gasteiger partial charge in [0, 0.05) is 0 Å². The van der Waals surface area contributed by atoms with E-state index in [0.717, 1.165) is 25.7 Å². The molecule has 2 unspecified atom stereocenters. The summed E-state index contributed by atoms with van der Waals surface area (Å²) in [5, 5.41) is 0. The second-order valence-electron chi connectivity index (χ2n) is 7.77. The van der Waals surface area contributed by atoms with Gasteiger partial charge in [0.2, 0.25) is 0 Å². The molecule has 172 valence electrons. The maximum atomic E-state index is 13.2. The van der Waals surface area contributed by atoms with Crippen LogP contribution < -0.4 is 0 Å². The molecule has 0 aliphatic rings. The quantitative estimate of drug-likeness (QED) is 0.338. The molecule has 0 aromatic heterocycles. The zero-order chi connectivity index (χ0) is 22.7. The van der Waals surface area contributed by atoms with Gasteiger partial charge in [-0.2, -0.15) is 0 Å². The molecule has 5 nitrogen and oxygen atoms in total. The normalized spacial score (nSPS) is 14.3. The standard InChI is InChI=1S/C24H34O5S2/c1-3-5-13-19-30(25,26)23(21-15-9-7-10-16-21)29-24(22-17-11-8-12-18-22)31(27,28)20-14-6-4-2/h7-12,15-18,23-24H,3-6,13-14,19-20H2,1-2H3. The van der Waals surface area contributed by atoms with E-state index in [-0.39, 0.29) is 11.5 Å². The lowest BCUT2D eigenvalue weighted by Gasteiger charge is -2.26. The minimum atomic E-state index is -3.72. The monoisotopic (exact) mass is 466 g/mol. The van der Waals surface area contributed by atoms with Gasteiger partial charge in [-0.25, -0.2) is 16.8 Å². The van der Waals surface area contributed by atoms with E-state index in [4.69, 9.17) is 4.74 Å². The zero-order valence-electron chi connectivity index (χ0n) is 18.4. The van der Waals surface area contributed by atoms with Crippen molar-refractivity contribution < 1.29 is 21.6 Å². The molecule has 2 atom stereocenters. The lowest BCUT2D eigenvalue weighted by Crippen LogP contribution is -2.27. The van der Waals surface area contributed by atoms with Crippen molar-refractivity contribution in [1.29, 1.82) is 0 Å². The van der Waals surface area contributed by atoms with E-state index in [0.29, 0.717) is 24.0 Å². The Morgan fingerprint density at radius 2 is 0.968 bits per heavy atom. The first-order valence-electron chi connectivity index (χ1n) is 11.0. The van der Waals surface area contributed by atoms with Gasteiger partial charge in [0.25, 0.3) is 0 Å². The molecule has 0 saturated heterocycles. The Balaban J connectivity index is 2.44. The number of unbranched alkanes of at least 4 members (excludes halogenated alkanes) is 4. The fraction of sp³-hybridized carbons (Fsp3) is 0.500. The topological polar surface area (TPSA) is 77.5 Å². The Labute approximate surface area is 187 Å². The Bertz CT molecular complexity index is 890. The summed E-state index contributed by atoms with van der Waals surface area (Å²) < 4.78 is 59.0. The van der Waals surface area contributed by atoms with Gasteiger partial charge < -0.3 is 4.74 Å². The van der Waals surface area contributed by atoms with Gasteiger partial charge in [0.05, 0.1) is 11.5 Å². The second-order valence-corrected chi connectivity index (χ2v) is 12.1. The molecule has 2 aromatic carbocycles. The van der Waals surface area contributed by atoms with E-state index in [1.165, 1.54) is 0 Å². The van der Waals surface area contributed by atoms with Crippen molar-refractivity contribution in [2.75, 3.05) is 11.5 Å². The molecular weight excluding hydrogens is 432 g/mol. The molecule has 0 heterocycles. The van der Waals surface area contributed by atoms with Crippen LogP contribution in [0.4, 0.5) is 0 Å². The van der Waals surface area contributed by atoms with Crippen molar-refractivity contribution in [2.45, 2.75) is 63.2 Å². The Morgan fingerprint density at radius 3 is 1.29 bits per heavy atom. The first kappa shape index (κ1) is 25.6. The first-order chi connectivity index (χ1) is 14.8. The summed E-state index contributed by atoms with van der Waals surface area (Å²) in [6.07, 6.45) is 4.40. The molecule has 0 spiro atoms. The van der Waals surface area contributed by atoms with Crippen LogP contribution in [0.25, 0.3) is 0 Å². The molecule has 0 fully saturated rings. The maximum Gasteiger partial charge on any atom is 0.185 e. The van der Waals surface area contributed by atoms with E-state index in [1.54, 1.807) is 60.7 Å². The average molecular weight is 467 g/mol. The molecule has 0 aliphatic carbocycles. The third-order valence-corrected chi connectivity index (χ3v) is 8.89.